The van der Waals surface area contributed by atoms with E-state index in [-0.39, 0.29) is 12.4 Å². The smallest absolute Gasteiger partial charge is 0.210 e. The number of ketones is 1. The third-order valence-corrected chi connectivity index (χ3v) is 2.53. The Kier molecular flexibility index (Phi) is 3.26. The van der Waals surface area contributed by atoms with Crippen molar-refractivity contribution in [2.75, 3.05) is 19.8 Å². The predicted octanol–water partition coefficient (Wildman–Crippen LogP) is 0.121. The summed E-state index contributed by atoms with van der Waals surface area (Å²) >= 11 is 0. The summed E-state index contributed by atoms with van der Waals surface area (Å²) in [5.74, 6) is -0.174. The molecule has 1 amide bonds. The molecule has 1 aliphatic heterocycles. The molecule has 2 rings (SSSR count). The Bertz CT molecular complexity index is 380. The van der Waals surface area contributed by atoms with E-state index in [2.05, 4.69) is 4.98 Å². The molecule has 1 unspecified atom stereocenters. The van der Waals surface area contributed by atoms with Crippen LogP contribution in [0.25, 0.3) is 0 Å². The number of hydrogen-bond acceptors (Lipinski definition) is 4. The van der Waals surface area contributed by atoms with Crippen molar-refractivity contribution >= 4 is 12.2 Å². The number of hydrogen-bond donors (Lipinski definition) is 0. The fourth-order valence-electron chi connectivity index (χ4n) is 1.65. The van der Waals surface area contributed by atoms with E-state index >= 15 is 0 Å². The van der Waals surface area contributed by atoms with Crippen LogP contribution in [0, 0.1) is 0 Å². The van der Waals surface area contributed by atoms with Crippen LogP contribution >= 0.6 is 0 Å². The average molecular weight is 220 g/mol. The summed E-state index contributed by atoms with van der Waals surface area (Å²) in [6.07, 6.45) is 2.25. The van der Waals surface area contributed by atoms with E-state index in [1.165, 1.54) is 4.90 Å². The number of morpholine rings is 1. The molecule has 84 valence electrons. The fourth-order valence-corrected chi connectivity index (χ4v) is 1.65. The Morgan fingerprint density at radius 3 is 3.12 bits per heavy atom. The van der Waals surface area contributed by atoms with Crippen LogP contribution < -0.4 is 0 Å². The Hall–Kier alpha value is -1.75. The molecule has 0 radical (unpaired) electrons. The molecule has 1 aliphatic rings. The van der Waals surface area contributed by atoms with E-state index in [0.717, 1.165) is 0 Å². The van der Waals surface area contributed by atoms with Gasteiger partial charge in [0.05, 0.1) is 13.2 Å². The highest BCUT2D eigenvalue weighted by atomic mass is 16.5. The SMILES string of the molecule is O=CN1CCOCC1C(=O)c1ccccn1. The van der Waals surface area contributed by atoms with E-state index < -0.39 is 6.04 Å². The van der Waals surface area contributed by atoms with Gasteiger partial charge in [-0.3, -0.25) is 14.6 Å². The van der Waals surface area contributed by atoms with E-state index in [1.807, 2.05) is 0 Å². The van der Waals surface area contributed by atoms with Crippen LogP contribution in [0.3, 0.4) is 0 Å². The third kappa shape index (κ3) is 2.09. The minimum Gasteiger partial charge on any atom is -0.377 e. The first-order chi connectivity index (χ1) is 7.83. The molecular formula is C11H12N2O3. The molecule has 0 saturated carbocycles. The van der Waals surface area contributed by atoms with Crippen molar-refractivity contribution in [2.24, 2.45) is 0 Å². The monoisotopic (exact) mass is 220 g/mol. The van der Waals surface area contributed by atoms with Crippen LogP contribution in [-0.2, 0) is 9.53 Å². The lowest BCUT2D eigenvalue weighted by Crippen LogP contribution is -2.49. The van der Waals surface area contributed by atoms with Gasteiger partial charge in [-0.1, -0.05) is 6.07 Å². The molecule has 0 aliphatic carbocycles. The molecule has 1 aromatic heterocycles. The Balaban J connectivity index is 2.17. The van der Waals surface area contributed by atoms with Crippen molar-refractivity contribution in [1.29, 1.82) is 0 Å². The van der Waals surface area contributed by atoms with Gasteiger partial charge in [-0.2, -0.15) is 0 Å². The van der Waals surface area contributed by atoms with Gasteiger partial charge in [-0.15, -0.1) is 0 Å². The van der Waals surface area contributed by atoms with Crippen LogP contribution in [0.4, 0.5) is 0 Å². The van der Waals surface area contributed by atoms with Gasteiger partial charge in [-0.05, 0) is 12.1 Å². The number of carbonyl (C=O) groups is 2. The number of ether oxygens (including phenoxy) is 1. The highest BCUT2D eigenvalue weighted by Gasteiger charge is 2.29. The molecule has 5 heteroatoms. The zero-order valence-electron chi connectivity index (χ0n) is 8.70. The van der Waals surface area contributed by atoms with Crippen LogP contribution in [-0.4, -0.2) is 47.9 Å². The van der Waals surface area contributed by atoms with Crippen molar-refractivity contribution in [1.82, 2.24) is 9.88 Å². The first-order valence-corrected chi connectivity index (χ1v) is 5.07. The van der Waals surface area contributed by atoms with Gasteiger partial charge < -0.3 is 9.64 Å². The predicted molar refractivity (Wildman–Crippen MR) is 55.9 cm³/mol. The maximum absolute atomic E-state index is 12.0. The first-order valence-electron chi connectivity index (χ1n) is 5.07. The molecule has 1 aromatic rings. The average Bonchev–Trinajstić information content (AvgIpc) is 2.39. The molecule has 1 fully saturated rings. The Morgan fingerprint density at radius 1 is 1.56 bits per heavy atom. The maximum atomic E-state index is 12.0. The van der Waals surface area contributed by atoms with Crippen LogP contribution in [0.1, 0.15) is 10.5 Å². The van der Waals surface area contributed by atoms with Crippen LogP contribution in [0.2, 0.25) is 0 Å². The summed E-state index contributed by atoms with van der Waals surface area (Å²) in [6, 6.07) is 4.59. The van der Waals surface area contributed by atoms with Crippen molar-refractivity contribution in [2.45, 2.75) is 6.04 Å². The number of pyridine rings is 1. The summed E-state index contributed by atoms with van der Waals surface area (Å²) in [4.78, 5) is 28.3. The van der Waals surface area contributed by atoms with Gasteiger partial charge in [0, 0.05) is 12.7 Å². The minimum absolute atomic E-state index is 0.174. The van der Waals surface area contributed by atoms with E-state index in [4.69, 9.17) is 4.74 Å². The van der Waals surface area contributed by atoms with Crippen molar-refractivity contribution < 1.29 is 14.3 Å². The van der Waals surface area contributed by atoms with E-state index in [9.17, 15) is 9.59 Å². The zero-order chi connectivity index (χ0) is 11.4. The Morgan fingerprint density at radius 2 is 2.44 bits per heavy atom. The summed E-state index contributed by atoms with van der Waals surface area (Å²) in [6.45, 7) is 1.17. The molecule has 16 heavy (non-hydrogen) atoms. The van der Waals surface area contributed by atoms with E-state index in [0.29, 0.717) is 25.3 Å². The summed E-state index contributed by atoms with van der Waals surface area (Å²) in [5.41, 5.74) is 0.366. The number of nitrogens with zero attached hydrogens (tertiary/aromatic N) is 2. The Labute approximate surface area is 93.0 Å². The molecule has 0 N–H and O–H groups in total. The molecule has 1 saturated heterocycles. The van der Waals surface area contributed by atoms with Crippen molar-refractivity contribution in [3.63, 3.8) is 0 Å². The number of rotatable bonds is 3. The molecule has 2 heterocycles. The number of Topliss-reactive ketones (excluding diaryl/α,β-unsaturated/α-hetero) is 1. The van der Waals surface area contributed by atoms with Gasteiger partial charge in [-0.25, -0.2) is 0 Å². The van der Waals surface area contributed by atoms with Gasteiger partial charge in [0.2, 0.25) is 12.2 Å². The number of carbonyl (C=O) groups excluding carboxylic acids is 2. The number of aromatic nitrogens is 1. The lowest BCUT2D eigenvalue weighted by atomic mass is 10.1. The van der Waals surface area contributed by atoms with Crippen LogP contribution in [0.5, 0.6) is 0 Å². The second-order valence-corrected chi connectivity index (χ2v) is 3.51. The summed E-state index contributed by atoms with van der Waals surface area (Å²) < 4.78 is 5.21. The standard InChI is InChI=1S/C11H12N2O3/c14-8-13-5-6-16-7-10(13)11(15)9-3-1-2-4-12-9/h1-4,8,10H,5-7H2. The lowest BCUT2D eigenvalue weighted by Gasteiger charge is -2.31. The van der Waals surface area contributed by atoms with Gasteiger partial charge in [0.15, 0.2) is 0 Å². The van der Waals surface area contributed by atoms with Crippen LogP contribution in [0.15, 0.2) is 24.4 Å². The van der Waals surface area contributed by atoms with E-state index in [1.54, 1.807) is 24.4 Å². The topological polar surface area (TPSA) is 59.5 Å². The van der Waals surface area contributed by atoms with Gasteiger partial charge in [0.25, 0.3) is 0 Å². The highest BCUT2D eigenvalue weighted by Crippen LogP contribution is 2.10. The van der Waals surface area contributed by atoms with Gasteiger partial charge >= 0.3 is 0 Å². The maximum Gasteiger partial charge on any atom is 0.210 e. The second-order valence-electron chi connectivity index (χ2n) is 3.51. The van der Waals surface area contributed by atoms with Crippen molar-refractivity contribution in [3.05, 3.63) is 30.1 Å². The summed E-state index contributed by atoms with van der Waals surface area (Å²) in [7, 11) is 0. The summed E-state index contributed by atoms with van der Waals surface area (Å²) in [5, 5.41) is 0. The van der Waals surface area contributed by atoms with Crippen molar-refractivity contribution in [3.8, 4) is 0 Å². The third-order valence-electron chi connectivity index (χ3n) is 2.53. The molecular weight excluding hydrogens is 208 g/mol. The quantitative estimate of drug-likeness (QED) is 0.536. The zero-order valence-corrected chi connectivity index (χ0v) is 8.70. The minimum atomic E-state index is -0.541. The fraction of sp³-hybridized carbons (Fsp3) is 0.364. The lowest BCUT2D eigenvalue weighted by molar-refractivity contribution is -0.124. The molecule has 0 spiro atoms. The molecule has 0 bridgehead atoms. The molecule has 5 nitrogen and oxygen atoms in total. The largest absolute Gasteiger partial charge is 0.377 e. The normalized spacial score (nSPS) is 20.5. The second kappa shape index (κ2) is 4.85. The highest BCUT2D eigenvalue weighted by molar-refractivity contribution is 5.99. The number of amides is 1. The van der Waals surface area contributed by atoms with Gasteiger partial charge in [0.1, 0.15) is 11.7 Å². The first kappa shape index (κ1) is 10.8. The molecule has 1 atom stereocenters. The molecule has 0 aromatic carbocycles.